The number of nitrogens with zero attached hydrogens (tertiary/aromatic N) is 1. The third kappa shape index (κ3) is 2.57. The Balaban J connectivity index is 1.97. The number of carbonyl (C=O) groups is 1. The van der Waals surface area contributed by atoms with Gasteiger partial charge in [0.05, 0.1) is 19.3 Å². The molecule has 0 fully saturated rings. The minimum Gasteiger partial charge on any atom is -0.497 e. The minimum absolute atomic E-state index is 0.0329. The topological polar surface area (TPSA) is 38.8 Å². The van der Waals surface area contributed by atoms with E-state index in [1.807, 2.05) is 43.3 Å². The fourth-order valence-electron chi connectivity index (χ4n) is 2.49. The number of amides is 1. The molecular formula is C17H17NO3. The molecule has 3 rings (SSSR count). The van der Waals surface area contributed by atoms with Gasteiger partial charge in [0.2, 0.25) is 0 Å². The van der Waals surface area contributed by atoms with Crippen molar-refractivity contribution in [1.82, 2.24) is 0 Å². The molecule has 0 spiro atoms. The summed E-state index contributed by atoms with van der Waals surface area (Å²) in [5, 5.41) is 0. The highest BCUT2D eigenvalue weighted by Crippen LogP contribution is 2.34. The third-order valence-electron chi connectivity index (χ3n) is 3.49. The monoisotopic (exact) mass is 283 g/mol. The van der Waals surface area contributed by atoms with E-state index in [4.69, 9.17) is 9.47 Å². The van der Waals surface area contributed by atoms with Gasteiger partial charge in [0, 0.05) is 5.56 Å². The van der Waals surface area contributed by atoms with Gasteiger partial charge in [-0.05, 0) is 37.3 Å². The maximum atomic E-state index is 12.8. The highest BCUT2D eigenvalue weighted by Gasteiger charge is 2.28. The Kier molecular flexibility index (Phi) is 3.52. The van der Waals surface area contributed by atoms with Crippen molar-refractivity contribution >= 4 is 11.6 Å². The van der Waals surface area contributed by atoms with E-state index < -0.39 is 0 Å². The van der Waals surface area contributed by atoms with Crippen LogP contribution in [0, 0.1) is 0 Å². The molecular weight excluding hydrogens is 266 g/mol. The van der Waals surface area contributed by atoms with Gasteiger partial charge in [-0.25, -0.2) is 0 Å². The zero-order chi connectivity index (χ0) is 14.8. The van der Waals surface area contributed by atoms with Crippen molar-refractivity contribution in [3.63, 3.8) is 0 Å². The number of benzene rings is 2. The van der Waals surface area contributed by atoms with E-state index in [1.165, 1.54) is 0 Å². The average molecular weight is 283 g/mol. The number of methoxy groups -OCH3 is 1. The number of hydrogen-bond donors (Lipinski definition) is 0. The van der Waals surface area contributed by atoms with Gasteiger partial charge in [-0.15, -0.1) is 0 Å². The lowest BCUT2D eigenvalue weighted by Gasteiger charge is -2.33. The maximum absolute atomic E-state index is 12.8. The maximum Gasteiger partial charge on any atom is 0.258 e. The predicted molar refractivity (Wildman–Crippen MR) is 81.2 cm³/mol. The summed E-state index contributed by atoms with van der Waals surface area (Å²) in [6.07, 6.45) is -0.0329. The summed E-state index contributed by atoms with van der Waals surface area (Å²) >= 11 is 0. The fraction of sp³-hybridized carbons (Fsp3) is 0.235. The van der Waals surface area contributed by atoms with Crippen LogP contribution in [0.4, 0.5) is 5.69 Å². The second-order valence-electron chi connectivity index (χ2n) is 5.04. The third-order valence-corrected chi connectivity index (χ3v) is 3.49. The SMILES string of the molecule is COc1cccc(C(=O)N2CC(C)Oc3ccccc32)c1. The molecule has 1 atom stereocenters. The van der Waals surface area contributed by atoms with Crippen LogP contribution in [0.15, 0.2) is 48.5 Å². The van der Waals surface area contributed by atoms with Gasteiger partial charge in [0.25, 0.3) is 5.91 Å². The largest absolute Gasteiger partial charge is 0.497 e. The van der Waals surface area contributed by atoms with E-state index in [2.05, 4.69) is 0 Å². The van der Waals surface area contributed by atoms with Crippen LogP contribution in [0.5, 0.6) is 11.5 Å². The lowest BCUT2D eigenvalue weighted by atomic mass is 10.1. The lowest BCUT2D eigenvalue weighted by Crippen LogP contribution is -2.42. The lowest BCUT2D eigenvalue weighted by molar-refractivity contribution is 0.0961. The molecule has 0 aromatic heterocycles. The van der Waals surface area contributed by atoms with Crippen LogP contribution in [0.1, 0.15) is 17.3 Å². The van der Waals surface area contributed by atoms with Gasteiger partial charge in [-0.1, -0.05) is 18.2 Å². The normalized spacial score (nSPS) is 16.9. The second-order valence-corrected chi connectivity index (χ2v) is 5.04. The molecule has 4 nitrogen and oxygen atoms in total. The molecule has 2 aromatic carbocycles. The van der Waals surface area contributed by atoms with E-state index in [1.54, 1.807) is 24.1 Å². The first-order valence-electron chi connectivity index (χ1n) is 6.90. The summed E-state index contributed by atoms with van der Waals surface area (Å²) in [6.45, 7) is 2.49. The van der Waals surface area contributed by atoms with E-state index in [9.17, 15) is 4.79 Å². The van der Waals surface area contributed by atoms with Crippen molar-refractivity contribution in [2.75, 3.05) is 18.6 Å². The molecule has 108 valence electrons. The van der Waals surface area contributed by atoms with Crippen LogP contribution >= 0.6 is 0 Å². The summed E-state index contributed by atoms with van der Waals surface area (Å²) in [5.74, 6) is 1.37. The predicted octanol–water partition coefficient (Wildman–Crippen LogP) is 3.12. The molecule has 0 saturated heterocycles. The summed E-state index contributed by atoms with van der Waals surface area (Å²) in [4.78, 5) is 14.6. The van der Waals surface area contributed by atoms with Crippen LogP contribution < -0.4 is 14.4 Å². The summed E-state index contributed by atoms with van der Waals surface area (Å²) in [7, 11) is 1.59. The highest BCUT2D eigenvalue weighted by atomic mass is 16.5. The summed E-state index contributed by atoms with van der Waals surface area (Å²) in [6, 6.07) is 14.8. The average Bonchev–Trinajstić information content (AvgIpc) is 2.53. The fourth-order valence-corrected chi connectivity index (χ4v) is 2.49. The number of ether oxygens (including phenoxy) is 2. The van der Waals surface area contributed by atoms with Gasteiger partial charge < -0.3 is 14.4 Å². The zero-order valence-corrected chi connectivity index (χ0v) is 12.1. The van der Waals surface area contributed by atoms with Crippen molar-refractivity contribution < 1.29 is 14.3 Å². The molecule has 1 amide bonds. The zero-order valence-electron chi connectivity index (χ0n) is 12.1. The van der Waals surface area contributed by atoms with Crippen molar-refractivity contribution in [3.05, 3.63) is 54.1 Å². The van der Waals surface area contributed by atoms with Crippen molar-refractivity contribution in [1.29, 1.82) is 0 Å². The molecule has 1 unspecified atom stereocenters. The molecule has 1 aliphatic rings. The van der Waals surface area contributed by atoms with Gasteiger partial charge in [0.15, 0.2) is 0 Å². The molecule has 0 N–H and O–H groups in total. The van der Waals surface area contributed by atoms with E-state index in [0.717, 1.165) is 11.4 Å². The first-order valence-corrected chi connectivity index (χ1v) is 6.90. The minimum atomic E-state index is -0.0449. The molecule has 2 aromatic rings. The van der Waals surface area contributed by atoms with Crippen molar-refractivity contribution in [2.24, 2.45) is 0 Å². The Morgan fingerprint density at radius 2 is 2.05 bits per heavy atom. The van der Waals surface area contributed by atoms with Crippen LogP contribution in [0.25, 0.3) is 0 Å². The Labute approximate surface area is 123 Å². The van der Waals surface area contributed by atoms with Gasteiger partial charge in [0.1, 0.15) is 17.6 Å². The van der Waals surface area contributed by atoms with Crippen LogP contribution in [-0.4, -0.2) is 25.7 Å². The Hall–Kier alpha value is -2.49. The van der Waals surface area contributed by atoms with Gasteiger partial charge >= 0.3 is 0 Å². The highest BCUT2D eigenvalue weighted by molar-refractivity contribution is 6.07. The molecule has 4 heteroatoms. The number of fused-ring (bicyclic) bond motifs is 1. The standard InChI is InChI=1S/C17H17NO3/c1-12-11-18(15-8-3-4-9-16(15)21-12)17(19)13-6-5-7-14(10-13)20-2/h3-10,12H,11H2,1-2H3. The van der Waals surface area contributed by atoms with Crippen molar-refractivity contribution in [2.45, 2.75) is 13.0 Å². The number of para-hydroxylation sites is 2. The van der Waals surface area contributed by atoms with Gasteiger partial charge in [-0.3, -0.25) is 4.79 Å². The van der Waals surface area contributed by atoms with Crippen LogP contribution in [0.3, 0.4) is 0 Å². The Morgan fingerprint density at radius 1 is 1.24 bits per heavy atom. The Morgan fingerprint density at radius 3 is 2.86 bits per heavy atom. The van der Waals surface area contributed by atoms with Gasteiger partial charge in [-0.2, -0.15) is 0 Å². The van der Waals surface area contributed by atoms with E-state index in [-0.39, 0.29) is 12.0 Å². The number of rotatable bonds is 2. The molecule has 0 saturated carbocycles. The smallest absolute Gasteiger partial charge is 0.258 e. The molecule has 0 aliphatic carbocycles. The molecule has 0 radical (unpaired) electrons. The molecule has 21 heavy (non-hydrogen) atoms. The summed E-state index contributed by atoms with van der Waals surface area (Å²) < 4.78 is 11.0. The van der Waals surface area contributed by atoms with Crippen LogP contribution in [-0.2, 0) is 0 Å². The molecule has 1 aliphatic heterocycles. The molecule has 1 heterocycles. The molecule has 0 bridgehead atoms. The number of carbonyl (C=O) groups excluding carboxylic acids is 1. The Bertz CT molecular complexity index is 669. The number of hydrogen-bond acceptors (Lipinski definition) is 3. The van der Waals surface area contributed by atoms with E-state index >= 15 is 0 Å². The first-order chi connectivity index (χ1) is 10.2. The summed E-state index contributed by atoms with van der Waals surface area (Å²) in [5.41, 5.74) is 1.42. The van der Waals surface area contributed by atoms with Crippen LogP contribution in [0.2, 0.25) is 0 Å². The van der Waals surface area contributed by atoms with E-state index in [0.29, 0.717) is 17.9 Å². The van der Waals surface area contributed by atoms with Crippen molar-refractivity contribution in [3.8, 4) is 11.5 Å². The first kappa shape index (κ1) is 13.5. The quantitative estimate of drug-likeness (QED) is 0.850. The second kappa shape index (κ2) is 5.48. The number of anilines is 1.